The largest absolute Gasteiger partial charge is 0.481 e. The number of hydrogen-bond acceptors (Lipinski definition) is 3. The van der Waals surface area contributed by atoms with Crippen LogP contribution in [0.4, 0.5) is 0 Å². The van der Waals surface area contributed by atoms with Crippen LogP contribution in [0, 0.1) is 5.41 Å². The van der Waals surface area contributed by atoms with Crippen molar-refractivity contribution in [3.63, 3.8) is 0 Å². The fourth-order valence-corrected chi connectivity index (χ4v) is 2.82. The van der Waals surface area contributed by atoms with Gasteiger partial charge in [-0.2, -0.15) is 0 Å². The highest BCUT2D eigenvalue weighted by Crippen LogP contribution is 2.32. The molecule has 0 spiro atoms. The van der Waals surface area contributed by atoms with Gasteiger partial charge in [-0.25, -0.2) is 0 Å². The van der Waals surface area contributed by atoms with Gasteiger partial charge in [-0.15, -0.1) is 0 Å². The Balaban J connectivity index is 2.18. The predicted octanol–water partition coefficient (Wildman–Crippen LogP) is 2.79. The fourth-order valence-electron chi connectivity index (χ4n) is 2.55. The van der Waals surface area contributed by atoms with Crippen LogP contribution in [0.15, 0.2) is 24.3 Å². The minimum absolute atomic E-state index is 0.151. The van der Waals surface area contributed by atoms with Crippen molar-refractivity contribution in [3.8, 4) is 0 Å². The average Bonchev–Trinajstić information content (AvgIpc) is 2.47. The number of halogens is 1. The van der Waals surface area contributed by atoms with Gasteiger partial charge in [0.2, 0.25) is 5.91 Å². The molecular formula is C16H20ClNO4. The average molecular weight is 326 g/mol. The van der Waals surface area contributed by atoms with Crippen LogP contribution in [0.5, 0.6) is 0 Å². The van der Waals surface area contributed by atoms with E-state index in [1.807, 2.05) is 6.92 Å². The van der Waals surface area contributed by atoms with Gasteiger partial charge in [-0.05, 0) is 24.5 Å². The molecule has 1 aromatic rings. The SMILES string of the molecule is CC1(C(=O)N[C@H](CC(=O)O)c2ccccc2Cl)CCOCC1. The lowest BCUT2D eigenvalue weighted by atomic mass is 9.81. The molecule has 22 heavy (non-hydrogen) atoms. The molecule has 1 fully saturated rings. The number of carboxylic acids is 1. The molecule has 0 bridgehead atoms. The van der Waals surface area contributed by atoms with Crippen molar-refractivity contribution in [2.45, 2.75) is 32.2 Å². The Morgan fingerprint density at radius 1 is 1.36 bits per heavy atom. The second kappa shape index (κ2) is 7.11. The van der Waals surface area contributed by atoms with E-state index in [-0.39, 0.29) is 12.3 Å². The molecule has 1 aromatic carbocycles. The first kappa shape index (κ1) is 16.8. The molecule has 1 saturated heterocycles. The van der Waals surface area contributed by atoms with Crippen LogP contribution in [-0.4, -0.2) is 30.2 Å². The molecule has 0 aliphatic carbocycles. The van der Waals surface area contributed by atoms with Gasteiger partial charge in [0.15, 0.2) is 0 Å². The van der Waals surface area contributed by atoms with E-state index in [0.29, 0.717) is 36.6 Å². The van der Waals surface area contributed by atoms with Gasteiger partial charge >= 0.3 is 5.97 Å². The number of aliphatic carboxylic acids is 1. The molecule has 1 aliphatic rings. The zero-order valence-electron chi connectivity index (χ0n) is 12.5. The summed E-state index contributed by atoms with van der Waals surface area (Å²) < 4.78 is 5.29. The summed E-state index contributed by atoms with van der Waals surface area (Å²) in [5, 5.41) is 12.4. The van der Waals surface area contributed by atoms with Crippen molar-refractivity contribution in [1.29, 1.82) is 0 Å². The maximum absolute atomic E-state index is 12.6. The third-order valence-electron chi connectivity index (χ3n) is 4.11. The first-order chi connectivity index (χ1) is 10.4. The third kappa shape index (κ3) is 3.99. The zero-order valence-corrected chi connectivity index (χ0v) is 13.2. The van der Waals surface area contributed by atoms with Gasteiger partial charge in [0.05, 0.1) is 17.9 Å². The Kier molecular flexibility index (Phi) is 5.42. The highest BCUT2D eigenvalue weighted by molar-refractivity contribution is 6.31. The summed E-state index contributed by atoms with van der Waals surface area (Å²) >= 11 is 6.14. The number of carbonyl (C=O) groups is 2. The topological polar surface area (TPSA) is 75.6 Å². The molecule has 0 radical (unpaired) electrons. The van der Waals surface area contributed by atoms with Crippen LogP contribution in [0.25, 0.3) is 0 Å². The number of hydrogen-bond donors (Lipinski definition) is 2. The molecular weight excluding hydrogens is 306 g/mol. The van der Waals surface area contributed by atoms with Gasteiger partial charge in [0.1, 0.15) is 0 Å². The standard InChI is InChI=1S/C16H20ClNO4/c1-16(6-8-22-9-7-16)15(21)18-13(10-14(19)20)11-4-2-3-5-12(11)17/h2-5,13H,6-10H2,1H3,(H,18,21)(H,19,20)/t13-/m1/s1. The van der Waals surface area contributed by atoms with Gasteiger partial charge in [-0.1, -0.05) is 36.7 Å². The molecule has 0 saturated carbocycles. The molecule has 2 N–H and O–H groups in total. The van der Waals surface area contributed by atoms with Crippen LogP contribution in [0.2, 0.25) is 5.02 Å². The molecule has 120 valence electrons. The number of benzene rings is 1. The Labute approximate surface area is 134 Å². The smallest absolute Gasteiger partial charge is 0.305 e. The van der Waals surface area contributed by atoms with E-state index in [1.54, 1.807) is 24.3 Å². The zero-order chi connectivity index (χ0) is 16.2. The Morgan fingerprint density at radius 3 is 2.59 bits per heavy atom. The van der Waals surface area contributed by atoms with Crippen molar-refractivity contribution in [1.82, 2.24) is 5.32 Å². The Hall–Kier alpha value is -1.59. The van der Waals surface area contributed by atoms with Crippen molar-refractivity contribution in [2.24, 2.45) is 5.41 Å². The van der Waals surface area contributed by atoms with E-state index < -0.39 is 17.4 Å². The quantitative estimate of drug-likeness (QED) is 0.873. The normalized spacial score (nSPS) is 18.5. The predicted molar refractivity (Wildman–Crippen MR) is 82.7 cm³/mol. The Morgan fingerprint density at radius 2 is 2.00 bits per heavy atom. The molecule has 1 atom stereocenters. The monoisotopic (exact) mass is 325 g/mol. The highest BCUT2D eigenvalue weighted by atomic mass is 35.5. The molecule has 5 nitrogen and oxygen atoms in total. The maximum Gasteiger partial charge on any atom is 0.305 e. The lowest BCUT2D eigenvalue weighted by Crippen LogP contribution is -2.44. The number of carboxylic acid groups (broad SMARTS) is 1. The van der Waals surface area contributed by atoms with Crippen molar-refractivity contribution in [3.05, 3.63) is 34.9 Å². The molecule has 1 aliphatic heterocycles. The molecule has 2 rings (SSSR count). The number of ether oxygens (including phenoxy) is 1. The first-order valence-corrected chi connectivity index (χ1v) is 7.65. The van der Waals surface area contributed by atoms with Crippen LogP contribution in [-0.2, 0) is 14.3 Å². The van der Waals surface area contributed by atoms with Crippen molar-refractivity contribution < 1.29 is 19.4 Å². The number of nitrogens with one attached hydrogen (secondary N) is 1. The minimum atomic E-state index is -0.984. The molecule has 1 heterocycles. The summed E-state index contributed by atoms with van der Waals surface area (Å²) in [6.45, 7) is 2.97. The number of rotatable bonds is 5. The van der Waals surface area contributed by atoms with Gasteiger partial charge < -0.3 is 15.2 Å². The van der Waals surface area contributed by atoms with Gasteiger partial charge in [0.25, 0.3) is 0 Å². The summed E-state index contributed by atoms with van der Waals surface area (Å²) in [5.41, 5.74) is 0.0894. The second-order valence-electron chi connectivity index (χ2n) is 5.82. The molecule has 0 unspecified atom stereocenters. The number of amides is 1. The molecule has 0 aromatic heterocycles. The molecule has 6 heteroatoms. The summed E-state index contributed by atoms with van der Waals surface area (Å²) in [4.78, 5) is 23.7. The highest BCUT2D eigenvalue weighted by Gasteiger charge is 2.36. The van der Waals surface area contributed by atoms with E-state index in [2.05, 4.69) is 5.32 Å². The Bertz CT molecular complexity index is 555. The molecule has 1 amide bonds. The summed E-state index contributed by atoms with van der Waals surface area (Å²) in [5.74, 6) is -1.13. The van der Waals surface area contributed by atoms with Gasteiger partial charge in [-0.3, -0.25) is 9.59 Å². The van der Waals surface area contributed by atoms with Crippen LogP contribution < -0.4 is 5.32 Å². The van der Waals surface area contributed by atoms with E-state index in [9.17, 15) is 9.59 Å². The lowest BCUT2D eigenvalue weighted by molar-refractivity contribution is -0.139. The maximum atomic E-state index is 12.6. The summed E-state index contributed by atoms with van der Waals surface area (Å²) in [6, 6.07) is 6.33. The summed E-state index contributed by atoms with van der Waals surface area (Å²) in [6.07, 6.45) is 1.05. The van der Waals surface area contributed by atoms with Crippen molar-refractivity contribution >= 4 is 23.5 Å². The van der Waals surface area contributed by atoms with Gasteiger partial charge in [0, 0.05) is 18.2 Å². The van der Waals surface area contributed by atoms with E-state index >= 15 is 0 Å². The van der Waals surface area contributed by atoms with Crippen molar-refractivity contribution in [2.75, 3.05) is 13.2 Å². The first-order valence-electron chi connectivity index (χ1n) is 7.27. The fraction of sp³-hybridized carbons (Fsp3) is 0.500. The lowest BCUT2D eigenvalue weighted by Gasteiger charge is -2.33. The van der Waals surface area contributed by atoms with Crippen LogP contribution in [0.1, 0.15) is 37.8 Å². The summed E-state index contributed by atoms with van der Waals surface area (Å²) in [7, 11) is 0. The van der Waals surface area contributed by atoms with Crippen LogP contribution in [0.3, 0.4) is 0 Å². The van der Waals surface area contributed by atoms with Crippen LogP contribution >= 0.6 is 11.6 Å². The minimum Gasteiger partial charge on any atom is -0.481 e. The second-order valence-corrected chi connectivity index (χ2v) is 6.23. The third-order valence-corrected chi connectivity index (χ3v) is 4.45. The number of carbonyl (C=O) groups excluding carboxylic acids is 1. The van der Waals surface area contributed by atoms with E-state index in [4.69, 9.17) is 21.4 Å². The van der Waals surface area contributed by atoms with E-state index in [1.165, 1.54) is 0 Å². The van der Waals surface area contributed by atoms with E-state index in [0.717, 1.165) is 0 Å².